The number of benzene rings is 1. The number of aliphatic hydroxyl groups is 3. The van der Waals surface area contributed by atoms with Crippen molar-refractivity contribution in [2.24, 2.45) is 23.7 Å². The second-order valence-electron chi connectivity index (χ2n) is 12.1. The lowest BCUT2D eigenvalue weighted by atomic mass is 9.77. The molecular weight excluding hydrogens is 588 g/mol. The second-order valence-corrected chi connectivity index (χ2v) is 12.1. The topological polar surface area (TPSA) is 208 Å². The summed E-state index contributed by atoms with van der Waals surface area (Å²) in [5.74, 6) is -9.96. The summed E-state index contributed by atoms with van der Waals surface area (Å²) in [6, 6.07) is 9.40. The Morgan fingerprint density at radius 1 is 1.07 bits per heavy atom. The molecule has 10 atom stereocenters. The standard InChI is InChI=1S/C33H46O12/c1-6-18(2)16-19(3)12-15-24(34)45-28-23(14-13-20(4)26(35)21(5)17-22-10-8-7-9-11-22)44-29(31(39)40)33(43,32(41)42)25(27(28)36)30(37)38/h7-12,15,18-19,21,23,25-29,35-36,43H,4,6,13-14,16-17H2,1-3,5H3,(H,37,38)(H,39,40)(H,41,42)/b15-12+/t18-,19+,21+,23-,25-,26+,27+,28-,29+,33-/m0/s1. The Kier molecular flexibility index (Phi) is 13.9. The van der Waals surface area contributed by atoms with E-state index in [0.717, 1.165) is 24.5 Å². The third-order valence-electron chi connectivity index (χ3n) is 8.45. The summed E-state index contributed by atoms with van der Waals surface area (Å²) in [6.07, 6.45) is -5.10. The maximum Gasteiger partial charge on any atom is 0.340 e. The fraction of sp³-hybridized carbons (Fsp3) is 0.576. The van der Waals surface area contributed by atoms with Gasteiger partial charge in [-0.3, -0.25) is 4.79 Å². The van der Waals surface area contributed by atoms with E-state index in [1.54, 1.807) is 13.0 Å². The van der Waals surface area contributed by atoms with Crippen LogP contribution in [0.25, 0.3) is 0 Å². The van der Waals surface area contributed by atoms with Crippen LogP contribution in [0.5, 0.6) is 0 Å². The zero-order valence-electron chi connectivity index (χ0n) is 26.1. The molecular formula is C33H46O12. The van der Waals surface area contributed by atoms with Crippen LogP contribution in [0.3, 0.4) is 0 Å². The molecule has 45 heavy (non-hydrogen) atoms. The van der Waals surface area contributed by atoms with Gasteiger partial charge >= 0.3 is 23.9 Å². The van der Waals surface area contributed by atoms with E-state index in [1.807, 2.05) is 51.1 Å². The Bertz CT molecular complexity index is 1210. The summed E-state index contributed by atoms with van der Waals surface area (Å²) in [7, 11) is 0. The highest BCUT2D eigenvalue weighted by Gasteiger charge is 2.65. The molecule has 0 amide bonds. The minimum Gasteiger partial charge on any atom is -0.481 e. The van der Waals surface area contributed by atoms with Crippen LogP contribution in [0.2, 0.25) is 0 Å². The highest BCUT2D eigenvalue weighted by Crippen LogP contribution is 2.38. The maximum absolute atomic E-state index is 12.9. The largest absolute Gasteiger partial charge is 0.481 e. The summed E-state index contributed by atoms with van der Waals surface area (Å²) >= 11 is 0. The molecule has 0 aliphatic carbocycles. The van der Waals surface area contributed by atoms with E-state index >= 15 is 0 Å². The van der Waals surface area contributed by atoms with Gasteiger partial charge in [0.25, 0.3) is 0 Å². The number of allylic oxidation sites excluding steroid dienone is 1. The Morgan fingerprint density at radius 2 is 1.69 bits per heavy atom. The molecule has 1 saturated heterocycles. The molecule has 0 unspecified atom stereocenters. The average Bonchev–Trinajstić information content (AvgIpc) is 3.07. The van der Waals surface area contributed by atoms with E-state index in [0.29, 0.717) is 17.9 Å². The van der Waals surface area contributed by atoms with Crippen molar-refractivity contribution < 1.29 is 59.3 Å². The van der Waals surface area contributed by atoms with Gasteiger partial charge in [-0.15, -0.1) is 0 Å². The second kappa shape index (κ2) is 16.6. The predicted octanol–water partition coefficient (Wildman–Crippen LogP) is 2.83. The van der Waals surface area contributed by atoms with Crippen LogP contribution < -0.4 is 0 Å². The van der Waals surface area contributed by atoms with Gasteiger partial charge in [0.2, 0.25) is 5.60 Å². The van der Waals surface area contributed by atoms with Crippen molar-refractivity contribution in [3.8, 4) is 0 Å². The monoisotopic (exact) mass is 634 g/mol. The van der Waals surface area contributed by atoms with Crippen LogP contribution in [0.4, 0.5) is 0 Å². The molecule has 1 aliphatic heterocycles. The molecule has 1 fully saturated rings. The van der Waals surface area contributed by atoms with E-state index < -0.39 is 65.9 Å². The lowest BCUT2D eigenvalue weighted by Gasteiger charge is -2.33. The van der Waals surface area contributed by atoms with Crippen LogP contribution in [0, 0.1) is 23.7 Å². The van der Waals surface area contributed by atoms with Crippen molar-refractivity contribution in [1.29, 1.82) is 0 Å². The first-order chi connectivity index (χ1) is 21.0. The van der Waals surface area contributed by atoms with Gasteiger partial charge in [-0.05, 0) is 54.6 Å². The molecule has 0 aromatic heterocycles. The number of ether oxygens (including phenoxy) is 2. The van der Waals surface area contributed by atoms with Gasteiger partial charge in [-0.1, -0.05) is 77.1 Å². The molecule has 6 N–H and O–H groups in total. The van der Waals surface area contributed by atoms with Crippen molar-refractivity contribution in [3.05, 3.63) is 60.2 Å². The summed E-state index contributed by atoms with van der Waals surface area (Å²) in [5.41, 5.74) is -2.37. The first-order valence-electron chi connectivity index (χ1n) is 15.1. The van der Waals surface area contributed by atoms with Gasteiger partial charge in [0.05, 0.1) is 12.2 Å². The van der Waals surface area contributed by atoms with Crippen molar-refractivity contribution in [1.82, 2.24) is 0 Å². The molecule has 1 heterocycles. The summed E-state index contributed by atoms with van der Waals surface area (Å²) in [6.45, 7) is 11.7. The van der Waals surface area contributed by atoms with Crippen molar-refractivity contribution >= 4 is 23.9 Å². The Hall–Kier alpha value is -3.58. The molecule has 12 nitrogen and oxygen atoms in total. The predicted molar refractivity (Wildman–Crippen MR) is 162 cm³/mol. The SMILES string of the molecule is C=C(CC[C@@H]1O[C@H](C(=O)O)[C@](O)(C(=O)O)[C@H](C(=O)O)[C@@H](O)[C@H]1OC(=O)/C=C/[C@@H](C)C[C@@H](C)CC)[C@@H](O)[C@H](C)Cc1ccccc1. The first kappa shape index (κ1) is 37.6. The Morgan fingerprint density at radius 3 is 2.22 bits per heavy atom. The van der Waals surface area contributed by atoms with Gasteiger partial charge in [-0.25, -0.2) is 14.4 Å². The molecule has 1 aromatic rings. The zero-order chi connectivity index (χ0) is 34.1. The van der Waals surface area contributed by atoms with Crippen LogP contribution in [0.15, 0.2) is 54.6 Å². The number of carbonyl (C=O) groups excluding carboxylic acids is 1. The van der Waals surface area contributed by atoms with E-state index in [2.05, 4.69) is 6.58 Å². The van der Waals surface area contributed by atoms with Crippen molar-refractivity contribution in [2.75, 3.05) is 0 Å². The third-order valence-corrected chi connectivity index (χ3v) is 8.45. The number of hydrogen-bond donors (Lipinski definition) is 6. The van der Waals surface area contributed by atoms with Crippen molar-refractivity contribution in [2.45, 2.75) is 95.9 Å². The molecule has 2 rings (SSSR count). The molecule has 1 aliphatic rings. The molecule has 0 bridgehead atoms. The van der Waals surface area contributed by atoms with E-state index in [9.17, 15) is 49.8 Å². The van der Waals surface area contributed by atoms with Crippen LogP contribution in [-0.4, -0.2) is 90.6 Å². The molecule has 0 spiro atoms. The highest BCUT2D eigenvalue weighted by atomic mass is 16.6. The molecule has 250 valence electrons. The normalized spacial score (nSPS) is 27.9. The summed E-state index contributed by atoms with van der Waals surface area (Å²) in [4.78, 5) is 49.5. The number of carboxylic acid groups (broad SMARTS) is 3. The maximum atomic E-state index is 12.9. The molecule has 0 saturated carbocycles. The minimum atomic E-state index is -3.64. The van der Waals surface area contributed by atoms with Gasteiger partial charge in [-0.2, -0.15) is 0 Å². The fourth-order valence-corrected chi connectivity index (χ4v) is 5.66. The lowest BCUT2D eigenvalue weighted by molar-refractivity contribution is -0.207. The third kappa shape index (κ3) is 9.70. The van der Waals surface area contributed by atoms with E-state index in [-0.39, 0.29) is 24.7 Å². The van der Waals surface area contributed by atoms with Crippen molar-refractivity contribution in [3.63, 3.8) is 0 Å². The number of esters is 1. The number of hydrogen-bond acceptors (Lipinski definition) is 9. The minimum absolute atomic E-state index is 0.0402. The van der Waals surface area contributed by atoms with Gasteiger partial charge in [0.15, 0.2) is 12.2 Å². The number of rotatable bonds is 16. The lowest BCUT2D eigenvalue weighted by Crippen LogP contribution is -2.63. The summed E-state index contributed by atoms with van der Waals surface area (Å²) in [5, 5.41) is 62.7. The van der Waals surface area contributed by atoms with Gasteiger partial charge < -0.3 is 40.1 Å². The quantitative estimate of drug-likeness (QED) is 0.0881. The smallest absolute Gasteiger partial charge is 0.340 e. The van der Waals surface area contributed by atoms with Crippen LogP contribution in [0.1, 0.15) is 58.9 Å². The number of aliphatic hydroxyl groups excluding tert-OH is 2. The van der Waals surface area contributed by atoms with Gasteiger partial charge in [0, 0.05) is 6.08 Å². The van der Waals surface area contributed by atoms with E-state index in [1.165, 1.54) is 0 Å². The average molecular weight is 635 g/mol. The Balaban J connectivity index is 2.41. The zero-order valence-corrected chi connectivity index (χ0v) is 26.1. The molecule has 1 aromatic carbocycles. The van der Waals surface area contributed by atoms with Crippen LogP contribution in [-0.2, 0) is 35.1 Å². The number of carbonyl (C=O) groups is 4. The highest BCUT2D eigenvalue weighted by molar-refractivity contribution is 5.93. The molecule has 0 radical (unpaired) electrons. The first-order valence-corrected chi connectivity index (χ1v) is 15.1. The molecule has 12 heteroatoms. The summed E-state index contributed by atoms with van der Waals surface area (Å²) < 4.78 is 10.9. The number of aliphatic carboxylic acids is 3. The number of carboxylic acids is 3. The van der Waals surface area contributed by atoms with E-state index in [4.69, 9.17) is 9.47 Å². The Labute approximate surface area is 263 Å². The van der Waals surface area contributed by atoms with Crippen LogP contribution >= 0.6 is 0 Å². The van der Waals surface area contributed by atoms with Gasteiger partial charge in [0.1, 0.15) is 12.0 Å². The fourth-order valence-electron chi connectivity index (χ4n) is 5.66.